The van der Waals surface area contributed by atoms with Gasteiger partial charge in [0.05, 0.1) is 5.41 Å². The molecule has 0 radical (unpaired) electrons. The number of hydrogen-bond acceptors (Lipinski definition) is 4. The Morgan fingerprint density at radius 3 is 2.95 bits per heavy atom. The SMILES string of the molecule is CC1(C(=O)O)CCCC1NC(=O)CC1CSCCN1. The van der Waals surface area contributed by atoms with E-state index in [9.17, 15) is 14.7 Å². The third-order valence-electron chi connectivity index (χ3n) is 4.21. The monoisotopic (exact) mass is 286 g/mol. The summed E-state index contributed by atoms with van der Waals surface area (Å²) in [7, 11) is 0. The standard InChI is InChI=1S/C13H22N2O3S/c1-13(12(17)18)4-2-3-10(13)15-11(16)7-9-8-19-6-5-14-9/h9-10,14H,2-8H2,1H3,(H,15,16)(H,17,18). The minimum absolute atomic E-state index is 0.0284. The number of nitrogens with one attached hydrogen (secondary N) is 2. The minimum atomic E-state index is -0.804. The molecule has 1 aliphatic heterocycles. The van der Waals surface area contributed by atoms with E-state index < -0.39 is 11.4 Å². The van der Waals surface area contributed by atoms with E-state index in [2.05, 4.69) is 10.6 Å². The Balaban J connectivity index is 1.86. The molecule has 0 aromatic heterocycles. The van der Waals surface area contributed by atoms with Gasteiger partial charge < -0.3 is 15.7 Å². The first-order chi connectivity index (χ1) is 9.02. The van der Waals surface area contributed by atoms with Crippen molar-refractivity contribution in [2.45, 2.75) is 44.7 Å². The number of aliphatic carboxylic acids is 1. The molecule has 2 rings (SSSR count). The summed E-state index contributed by atoms with van der Waals surface area (Å²) >= 11 is 1.86. The molecule has 1 saturated heterocycles. The van der Waals surface area contributed by atoms with Gasteiger partial charge in [-0.3, -0.25) is 9.59 Å². The lowest BCUT2D eigenvalue weighted by molar-refractivity contribution is -0.149. The number of carbonyl (C=O) groups is 2. The van der Waals surface area contributed by atoms with Gasteiger partial charge in [0.15, 0.2) is 0 Å². The third kappa shape index (κ3) is 3.42. The lowest BCUT2D eigenvalue weighted by Crippen LogP contribution is -2.49. The highest BCUT2D eigenvalue weighted by atomic mass is 32.2. The van der Waals surface area contributed by atoms with Crippen molar-refractivity contribution in [3.8, 4) is 0 Å². The van der Waals surface area contributed by atoms with Crippen molar-refractivity contribution >= 4 is 23.6 Å². The van der Waals surface area contributed by atoms with Crippen LogP contribution in [0, 0.1) is 5.41 Å². The van der Waals surface area contributed by atoms with Crippen molar-refractivity contribution in [3.05, 3.63) is 0 Å². The Bertz CT molecular complexity index is 358. The summed E-state index contributed by atoms with van der Waals surface area (Å²) < 4.78 is 0. The van der Waals surface area contributed by atoms with Gasteiger partial charge in [0.25, 0.3) is 0 Å². The predicted molar refractivity (Wildman–Crippen MR) is 75.3 cm³/mol. The number of thioether (sulfide) groups is 1. The average molecular weight is 286 g/mol. The molecule has 5 nitrogen and oxygen atoms in total. The number of carboxylic acid groups (broad SMARTS) is 1. The number of hydrogen-bond donors (Lipinski definition) is 3. The van der Waals surface area contributed by atoms with Gasteiger partial charge in [0.1, 0.15) is 0 Å². The lowest BCUT2D eigenvalue weighted by Gasteiger charge is -2.29. The maximum absolute atomic E-state index is 12.0. The topological polar surface area (TPSA) is 78.4 Å². The summed E-state index contributed by atoms with van der Waals surface area (Å²) in [4.78, 5) is 23.4. The molecule has 3 N–H and O–H groups in total. The van der Waals surface area contributed by atoms with Gasteiger partial charge in [-0.25, -0.2) is 0 Å². The van der Waals surface area contributed by atoms with Crippen LogP contribution in [-0.2, 0) is 9.59 Å². The molecular weight excluding hydrogens is 264 g/mol. The zero-order valence-corrected chi connectivity index (χ0v) is 12.1. The summed E-state index contributed by atoms with van der Waals surface area (Å²) in [5, 5.41) is 15.6. The summed E-state index contributed by atoms with van der Waals surface area (Å²) in [6, 6.07) is -0.00928. The highest BCUT2D eigenvalue weighted by Gasteiger charge is 2.45. The van der Waals surface area contributed by atoms with Gasteiger partial charge >= 0.3 is 5.97 Å². The van der Waals surface area contributed by atoms with Crippen LogP contribution in [0.2, 0.25) is 0 Å². The average Bonchev–Trinajstić information content (AvgIpc) is 2.73. The zero-order chi connectivity index (χ0) is 13.9. The molecule has 6 heteroatoms. The lowest BCUT2D eigenvalue weighted by atomic mass is 9.85. The van der Waals surface area contributed by atoms with Crippen molar-refractivity contribution in [1.29, 1.82) is 0 Å². The van der Waals surface area contributed by atoms with Crippen LogP contribution in [0.15, 0.2) is 0 Å². The maximum Gasteiger partial charge on any atom is 0.311 e. The van der Waals surface area contributed by atoms with Gasteiger partial charge in [0, 0.05) is 36.6 Å². The highest BCUT2D eigenvalue weighted by molar-refractivity contribution is 7.99. The van der Waals surface area contributed by atoms with E-state index in [-0.39, 0.29) is 18.0 Å². The van der Waals surface area contributed by atoms with Crippen LogP contribution in [0.25, 0.3) is 0 Å². The molecule has 3 atom stereocenters. The summed E-state index contributed by atoms with van der Waals surface area (Å²) in [5.74, 6) is 1.22. The molecule has 1 saturated carbocycles. The number of carboxylic acids is 1. The molecule has 1 aliphatic carbocycles. The van der Waals surface area contributed by atoms with Gasteiger partial charge in [-0.15, -0.1) is 0 Å². The van der Waals surface area contributed by atoms with E-state index in [1.54, 1.807) is 6.92 Å². The highest BCUT2D eigenvalue weighted by Crippen LogP contribution is 2.38. The van der Waals surface area contributed by atoms with E-state index in [1.165, 1.54) is 0 Å². The van der Waals surface area contributed by atoms with Crippen LogP contribution in [-0.4, -0.2) is 47.1 Å². The second-order valence-electron chi connectivity index (χ2n) is 5.67. The minimum Gasteiger partial charge on any atom is -0.481 e. The van der Waals surface area contributed by atoms with Crippen molar-refractivity contribution < 1.29 is 14.7 Å². The molecule has 1 amide bonds. The quantitative estimate of drug-likeness (QED) is 0.714. The Kier molecular flexibility index (Phi) is 4.73. The van der Waals surface area contributed by atoms with Crippen LogP contribution in [0.3, 0.4) is 0 Å². The van der Waals surface area contributed by atoms with Gasteiger partial charge in [-0.05, 0) is 19.8 Å². The zero-order valence-electron chi connectivity index (χ0n) is 11.3. The van der Waals surface area contributed by atoms with Crippen LogP contribution < -0.4 is 10.6 Å². The van der Waals surface area contributed by atoms with Gasteiger partial charge in [-0.1, -0.05) is 6.42 Å². The molecular formula is C13H22N2O3S. The fourth-order valence-corrected chi connectivity index (χ4v) is 3.83. The van der Waals surface area contributed by atoms with Crippen molar-refractivity contribution in [2.24, 2.45) is 5.41 Å². The normalized spacial score (nSPS) is 35.0. The predicted octanol–water partition coefficient (Wildman–Crippen LogP) is 0.841. The second kappa shape index (κ2) is 6.13. The Morgan fingerprint density at radius 1 is 1.53 bits per heavy atom. The Labute approximate surface area is 117 Å². The van der Waals surface area contributed by atoms with Crippen LogP contribution in [0.1, 0.15) is 32.6 Å². The van der Waals surface area contributed by atoms with Crippen molar-refractivity contribution in [3.63, 3.8) is 0 Å². The third-order valence-corrected chi connectivity index (χ3v) is 5.34. The fourth-order valence-electron chi connectivity index (χ4n) is 2.88. The molecule has 2 aliphatic rings. The molecule has 0 aromatic carbocycles. The first kappa shape index (κ1) is 14.7. The Morgan fingerprint density at radius 2 is 2.32 bits per heavy atom. The van der Waals surface area contributed by atoms with E-state index in [0.717, 1.165) is 30.9 Å². The van der Waals surface area contributed by atoms with Crippen LogP contribution in [0.4, 0.5) is 0 Å². The van der Waals surface area contributed by atoms with Crippen molar-refractivity contribution in [2.75, 3.05) is 18.1 Å². The molecule has 2 fully saturated rings. The molecule has 1 heterocycles. The number of amides is 1. The molecule has 108 valence electrons. The number of rotatable bonds is 4. The molecule has 3 unspecified atom stereocenters. The van der Waals surface area contributed by atoms with E-state index >= 15 is 0 Å². The van der Waals surface area contributed by atoms with E-state index in [1.807, 2.05) is 11.8 Å². The Hall–Kier alpha value is -0.750. The maximum atomic E-state index is 12.0. The molecule has 0 spiro atoms. The van der Waals surface area contributed by atoms with Gasteiger partial charge in [-0.2, -0.15) is 11.8 Å². The summed E-state index contributed by atoms with van der Waals surface area (Å²) in [6.45, 7) is 2.68. The smallest absolute Gasteiger partial charge is 0.311 e. The van der Waals surface area contributed by atoms with Crippen LogP contribution >= 0.6 is 11.8 Å². The second-order valence-corrected chi connectivity index (χ2v) is 6.81. The first-order valence-electron chi connectivity index (χ1n) is 6.86. The fraction of sp³-hybridized carbons (Fsp3) is 0.846. The van der Waals surface area contributed by atoms with Crippen molar-refractivity contribution in [1.82, 2.24) is 10.6 Å². The van der Waals surface area contributed by atoms with E-state index in [4.69, 9.17) is 0 Å². The first-order valence-corrected chi connectivity index (χ1v) is 8.02. The molecule has 19 heavy (non-hydrogen) atoms. The summed E-state index contributed by atoms with van der Waals surface area (Å²) in [5.41, 5.74) is -0.801. The van der Waals surface area contributed by atoms with Gasteiger partial charge in [0.2, 0.25) is 5.91 Å². The largest absolute Gasteiger partial charge is 0.481 e. The summed E-state index contributed by atoms with van der Waals surface area (Å²) in [6.07, 6.45) is 2.72. The molecule has 0 bridgehead atoms. The number of carbonyl (C=O) groups excluding carboxylic acids is 1. The van der Waals surface area contributed by atoms with Crippen LogP contribution in [0.5, 0.6) is 0 Å². The molecule has 0 aromatic rings. The van der Waals surface area contributed by atoms with E-state index in [0.29, 0.717) is 12.8 Å².